The van der Waals surface area contributed by atoms with Gasteiger partial charge >= 0.3 is 0 Å². The van der Waals surface area contributed by atoms with Crippen molar-refractivity contribution in [2.75, 3.05) is 0 Å². The predicted octanol–water partition coefficient (Wildman–Crippen LogP) is 3.38. The van der Waals surface area contributed by atoms with Crippen molar-refractivity contribution in [2.24, 2.45) is 9.98 Å². The first kappa shape index (κ1) is 13.5. The van der Waals surface area contributed by atoms with Gasteiger partial charge in [-0.2, -0.15) is 0 Å². The molecule has 2 aromatic carbocycles. The van der Waals surface area contributed by atoms with E-state index in [-0.39, 0.29) is 0 Å². The van der Waals surface area contributed by atoms with E-state index in [1.165, 1.54) is 0 Å². The second-order valence-electron chi connectivity index (χ2n) is 5.04. The van der Waals surface area contributed by atoms with E-state index in [0.29, 0.717) is 0 Å². The third kappa shape index (κ3) is 2.85. The van der Waals surface area contributed by atoms with Crippen molar-refractivity contribution in [2.45, 2.75) is 18.7 Å². The summed E-state index contributed by atoms with van der Waals surface area (Å²) in [7, 11) is 0. The van der Waals surface area contributed by atoms with Crippen LogP contribution in [-0.4, -0.2) is 23.2 Å². The second-order valence-corrected chi connectivity index (χ2v) is 5.04. The summed E-state index contributed by atoms with van der Waals surface area (Å²) in [6, 6.07) is 16.9. The fraction of sp³-hybridized carbons (Fsp3) is 0.176. The SMILES string of the molecule is CC1(C(O)c2ccc(Oc3ccccc3)cc2)N=CC=N1. The average molecular weight is 280 g/mol. The summed E-state index contributed by atoms with van der Waals surface area (Å²) in [5, 5.41) is 10.4. The Hall–Kier alpha value is -2.46. The summed E-state index contributed by atoms with van der Waals surface area (Å²) in [5.41, 5.74) is -0.0731. The number of aliphatic imine (C=N–C) groups is 2. The standard InChI is InChI=1S/C17H16N2O2/c1-17(18-11-12-19-17)16(20)13-7-9-15(10-8-13)21-14-5-3-2-4-6-14/h2-12,16,20H,1H3. The topological polar surface area (TPSA) is 54.2 Å². The molecule has 4 heteroatoms. The number of aliphatic hydroxyl groups is 1. The molecular weight excluding hydrogens is 264 g/mol. The van der Waals surface area contributed by atoms with E-state index in [0.717, 1.165) is 17.1 Å². The van der Waals surface area contributed by atoms with E-state index in [2.05, 4.69) is 9.98 Å². The van der Waals surface area contributed by atoms with Crippen LogP contribution in [0.15, 0.2) is 64.6 Å². The van der Waals surface area contributed by atoms with Gasteiger partial charge in [-0.15, -0.1) is 0 Å². The molecule has 0 saturated heterocycles. The van der Waals surface area contributed by atoms with Gasteiger partial charge in [-0.05, 0) is 36.8 Å². The number of rotatable bonds is 4. The van der Waals surface area contributed by atoms with Crippen molar-refractivity contribution in [1.29, 1.82) is 0 Å². The highest BCUT2D eigenvalue weighted by molar-refractivity contribution is 6.17. The number of hydrogen-bond acceptors (Lipinski definition) is 4. The maximum Gasteiger partial charge on any atom is 0.177 e. The zero-order valence-electron chi connectivity index (χ0n) is 11.7. The first-order chi connectivity index (χ1) is 10.2. The Kier molecular flexibility index (Phi) is 3.54. The van der Waals surface area contributed by atoms with Gasteiger partial charge < -0.3 is 9.84 Å². The molecular formula is C17H16N2O2. The third-order valence-electron chi connectivity index (χ3n) is 3.43. The van der Waals surface area contributed by atoms with Crippen LogP contribution in [0, 0.1) is 0 Å². The molecule has 21 heavy (non-hydrogen) atoms. The molecule has 2 aromatic rings. The fourth-order valence-electron chi connectivity index (χ4n) is 2.20. The van der Waals surface area contributed by atoms with E-state index in [1.807, 2.05) is 54.6 Å². The van der Waals surface area contributed by atoms with Gasteiger partial charge in [0.25, 0.3) is 0 Å². The molecule has 1 N–H and O–H groups in total. The minimum absolute atomic E-state index is 0.723. The van der Waals surface area contributed by atoms with Crippen LogP contribution in [0.4, 0.5) is 0 Å². The van der Waals surface area contributed by atoms with E-state index < -0.39 is 11.8 Å². The van der Waals surface area contributed by atoms with E-state index in [9.17, 15) is 5.11 Å². The smallest absolute Gasteiger partial charge is 0.177 e. The van der Waals surface area contributed by atoms with Crippen LogP contribution in [0.3, 0.4) is 0 Å². The number of hydrogen-bond donors (Lipinski definition) is 1. The maximum absolute atomic E-state index is 10.4. The van der Waals surface area contributed by atoms with Gasteiger partial charge in [-0.3, -0.25) is 9.98 Å². The number of nitrogens with zero attached hydrogens (tertiary/aromatic N) is 2. The second kappa shape index (κ2) is 5.50. The molecule has 0 aliphatic carbocycles. The summed E-state index contributed by atoms with van der Waals surface area (Å²) in [5.74, 6) is 1.50. The Labute approximate surface area is 123 Å². The Bertz CT molecular complexity index is 651. The largest absolute Gasteiger partial charge is 0.457 e. The molecule has 0 aromatic heterocycles. The predicted molar refractivity (Wildman–Crippen MR) is 83.3 cm³/mol. The van der Waals surface area contributed by atoms with Crippen molar-refractivity contribution in [3.63, 3.8) is 0 Å². The lowest BCUT2D eigenvalue weighted by Gasteiger charge is -2.24. The Balaban J connectivity index is 1.75. The average Bonchev–Trinajstić information content (AvgIpc) is 2.96. The van der Waals surface area contributed by atoms with Gasteiger partial charge in [-0.25, -0.2) is 0 Å². The lowest BCUT2D eigenvalue weighted by Crippen LogP contribution is -2.26. The van der Waals surface area contributed by atoms with Crippen LogP contribution < -0.4 is 4.74 Å². The molecule has 1 aliphatic rings. The van der Waals surface area contributed by atoms with Crippen molar-refractivity contribution < 1.29 is 9.84 Å². The molecule has 0 saturated carbocycles. The number of ether oxygens (including phenoxy) is 1. The molecule has 0 bridgehead atoms. The van der Waals surface area contributed by atoms with Crippen LogP contribution in [0.1, 0.15) is 18.6 Å². The minimum atomic E-state index is -0.832. The highest BCUT2D eigenvalue weighted by Crippen LogP contribution is 2.33. The lowest BCUT2D eigenvalue weighted by molar-refractivity contribution is 0.103. The lowest BCUT2D eigenvalue weighted by atomic mass is 9.99. The van der Waals surface area contributed by atoms with Crippen molar-refractivity contribution >= 4 is 12.4 Å². The fourth-order valence-corrected chi connectivity index (χ4v) is 2.20. The van der Waals surface area contributed by atoms with Crippen molar-refractivity contribution in [3.05, 3.63) is 60.2 Å². The van der Waals surface area contributed by atoms with Crippen LogP contribution in [0.5, 0.6) is 11.5 Å². The molecule has 106 valence electrons. The monoisotopic (exact) mass is 280 g/mol. The number of para-hydroxylation sites is 1. The Morgan fingerprint density at radius 3 is 2.10 bits per heavy atom. The maximum atomic E-state index is 10.4. The van der Waals surface area contributed by atoms with Gasteiger partial charge in [0.05, 0.1) is 0 Å². The molecule has 3 rings (SSSR count). The van der Waals surface area contributed by atoms with Gasteiger partial charge in [-0.1, -0.05) is 30.3 Å². The summed E-state index contributed by atoms with van der Waals surface area (Å²) in [6.07, 6.45) is 2.44. The van der Waals surface area contributed by atoms with E-state index in [1.54, 1.807) is 19.4 Å². The first-order valence-corrected chi connectivity index (χ1v) is 6.77. The zero-order valence-corrected chi connectivity index (χ0v) is 11.7. The number of benzene rings is 2. The van der Waals surface area contributed by atoms with Gasteiger partial charge in [0.1, 0.15) is 17.6 Å². The molecule has 0 fully saturated rings. The van der Waals surface area contributed by atoms with Gasteiger partial charge in [0.15, 0.2) is 5.66 Å². The molecule has 1 atom stereocenters. The van der Waals surface area contributed by atoms with Gasteiger partial charge in [0, 0.05) is 12.4 Å². The minimum Gasteiger partial charge on any atom is -0.457 e. The number of aliphatic hydroxyl groups excluding tert-OH is 1. The molecule has 1 heterocycles. The summed E-state index contributed by atoms with van der Waals surface area (Å²) < 4.78 is 5.72. The van der Waals surface area contributed by atoms with Gasteiger partial charge in [0.2, 0.25) is 0 Å². The Morgan fingerprint density at radius 2 is 1.48 bits per heavy atom. The van der Waals surface area contributed by atoms with Crippen LogP contribution in [0.2, 0.25) is 0 Å². The molecule has 1 unspecified atom stereocenters. The Morgan fingerprint density at radius 1 is 0.905 bits per heavy atom. The van der Waals surface area contributed by atoms with Crippen LogP contribution in [0.25, 0.3) is 0 Å². The van der Waals surface area contributed by atoms with Crippen LogP contribution >= 0.6 is 0 Å². The third-order valence-corrected chi connectivity index (χ3v) is 3.43. The van der Waals surface area contributed by atoms with Crippen LogP contribution in [-0.2, 0) is 0 Å². The van der Waals surface area contributed by atoms with E-state index in [4.69, 9.17) is 4.74 Å². The van der Waals surface area contributed by atoms with Crippen molar-refractivity contribution in [3.8, 4) is 11.5 Å². The van der Waals surface area contributed by atoms with E-state index >= 15 is 0 Å². The highest BCUT2D eigenvalue weighted by atomic mass is 16.5. The molecule has 0 spiro atoms. The normalized spacial score (nSPS) is 16.9. The van der Waals surface area contributed by atoms with Crippen molar-refractivity contribution in [1.82, 2.24) is 0 Å². The highest BCUT2D eigenvalue weighted by Gasteiger charge is 2.33. The quantitative estimate of drug-likeness (QED) is 0.933. The molecule has 1 aliphatic heterocycles. The first-order valence-electron chi connectivity index (χ1n) is 6.77. The molecule has 0 amide bonds. The molecule has 4 nitrogen and oxygen atoms in total. The summed E-state index contributed by atoms with van der Waals surface area (Å²) >= 11 is 0. The summed E-state index contributed by atoms with van der Waals surface area (Å²) in [4.78, 5) is 8.41. The zero-order chi connectivity index (χ0) is 14.7. The summed E-state index contributed by atoms with van der Waals surface area (Å²) in [6.45, 7) is 1.80. The molecule has 0 radical (unpaired) electrons.